The SMILES string of the molecule is O=C(CCN(CCO)CC(F)(F)F)c1cccc(Br)c1. The third-order valence-corrected chi connectivity index (χ3v) is 3.11. The first-order valence-electron chi connectivity index (χ1n) is 6.00. The van der Waals surface area contributed by atoms with Gasteiger partial charge in [-0.25, -0.2) is 0 Å². The van der Waals surface area contributed by atoms with E-state index in [1.54, 1.807) is 24.3 Å². The lowest BCUT2D eigenvalue weighted by Crippen LogP contribution is -2.37. The third-order valence-electron chi connectivity index (χ3n) is 2.62. The molecule has 1 aromatic carbocycles. The van der Waals surface area contributed by atoms with Crippen molar-refractivity contribution >= 4 is 21.7 Å². The normalized spacial score (nSPS) is 11.9. The van der Waals surface area contributed by atoms with Gasteiger partial charge < -0.3 is 5.11 Å². The maximum atomic E-state index is 12.3. The topological polar surface area (TPSA) is 40.5 Å². The van der Waals surface area contributed by atoms with Crippen LogP contribution >= 0.6 is 15.9 Å². The third kappa shape index (κ3) is 6.49. The van der Waals surface area contributed by atoms with Crippen molar-refractivity contribution in [1.82, 2.24) is 4.90 Å². The molecule has 0 fully saturated rings. The Hall–Kier alpha value is -0.920. The molecule has 7 heteroatoms. The first kappa shape index (κ1) is 17.1. The minimum atomic E-state index is -4.34. The summed E-state index contributed by atoms with van der Waals surface area (Å²) in [5.41, 5.74) is 0.454. The summed E-state index contributed by atoms with van der Waals surface area (Å²) in [6, 6.07) is 6.70. The van der Waals surface area contributed by atoms with Crippen LogP contribution in [-0.2, 0) is 0 Å². The predicted molar refractivity (Wildman–Crippen MR) is 72.7 cm³/mol. The van der Waals surface area contributed by atoms with Crippen molar-refractivity contribution in [2.24, 2.45) is 0 Å². The van der Waals surface area contributed by atoms with Crippen LogP contribution in [0.25, 0.3) is 0 Å². The Bertz CT molecular complexity index is 451. The molecule has 0 atom stereocenters. The molecule has 0 aromatic heterocycles. The van der Waals surface area contributed by atoms with Crippen LogP contribution in [0.15, 0.2) is 28.7 Å². The number of aliphatic hydroxyl groups is 1. The van der Waals surface area contributed by atoms with E-state index in [-0.39, 0.29) is 31.9 Å². The molecule has 20 heavy (non-hydrogen) atoms. The second-order valence-electron chi connectivity index (χ2n) is 4.30. The number of halogens is 4. The molecule has 0 bridgehead atoms. The lowest BCUT2D eigenvalue weighted by molar-refractivity contribution is -0.146. The van der Waals surface area contributed by atoms with E-state index in [1.165, 1.54) is 0 Å². The number of carbonyl (C=O) groups excluding carboxylic acids is 1. The van der Waals surface area contributed by atoms with Gasteiger partial charge in [-0.2, -0.15) is 13.2 Å². The van der Waals surface area contributed by atoms with Gasteiger partial charge in [0.15, 0.2) is 5.78 Å². The summed E-state index contributed by atoms with van der Waals surface area (Å²) >= 11 is 3.23. The highest BCUT2D eigenvalue weighted by molar-refractivity contribution is 9.10. The minimum Gasteiger partial charge on any atom is -0.395 e. The number of hydrogen-bond donors (Lipinski definition) is 1. The van der Waals surface area contributed by atoms with Crippen LogP contribution in [0, 0.1) is 0 Å². The van der Waals surface area contributed by atoms with Crippen molar-refractivity contribution in [3.8, 4) is 0 Å². The van der Waals surface area contributed by atoms with E-state index < -0.39 is 12.7 Å². The second kappa shape index (κ2) is 7.75. The zero-order valence-corrected chi connectivity index (χ0v) is 12.2. The van der Waals surface area contributed by atoms with Gasteiger partial charge in [0.05, 0.1) is 13.2 Å². The van der Waals surface area contributed by atoms with E-state index in [0.29, 0.717) is 5.56 Å². The Morgan fingerprint density at radius 3 is 2.55 bits per heavy atom. The van der Waals surface area contributed by atoms with Crippen LogP contribution in [-0.4, -0.2) is 48.2 Å². The van der Waals surface area contributed by atoms with Crippen LogP contribution in [0.4, 0.5) is 13.2 Å². The fraction of sp³-hybridized carbons (Fsp3) is 0.462. The van der Waals surface area contributed by atoms with Gasteiger partial charge in [0, 0.05) is 29.5 Å². The molecule has 3 nitrogen and oxygen atoms in total. The number of carbonyl (C=O) groups is 1. The van der Waals surface area contributed by atoms with Gasteiger partial charge in [-0.3, -0.25) is 9.69 Å². The van der Waals surface area contributed by atoms with Gasteiger partial charge >= 0.3 is 6.18 Å². The summed E-state index contributed by atoms with van der Waals surface area (Å²) in [6.07, 6.45) is -4.36. The van der Waals surface area contributed by atoms with Crippen molar-refractivity contribution in [3.05, 3.63) is 34.3 Å². The Morgan fingerprint density at radius 2 is 2.00 bits per heavy atom. The fourth-order valence-electron chi connectivity index (χ4n) is 1.73. The monoisotopic (exact) mass is 353 g/mol. The van der Waals surface area contributed by atoms with E-state index in [4.69, 9.17) is 5.11 Å². The largest absolute Gasteiger partial charge is 0.401 e. The molecule has 1 N–H and O–H groups in total. The van der Waals surface area contributed by atoms with E-state index in [1.807, 2.05) is 0 Å². The first-order valence-corrected chi connectivity index (χ1v) is 6.80. The average Bonchev–Trinajstić information content (AvgIpc) is 2.34. The Morgan fingerprint density at radius 1 is 1.30 bits per heavy atom. The smallest absolute Gasteiger partial charge is 0.395 e. The highest BCUT2D eigenvalue weighted by Crippen LogP contribution is 2.17. The molecule has 0 aliphatic carbocycles. The first-order chi connectivity index (χ1) is 9.31. The standard InChI is InChI=1S/C13H15BrF3NO2/c14-11-3-1-2-10(8-11)12(20)4-5-18(6-7-19)9-13(15,16)17/h1-3,8,19H,4-7,9H2. The summed E-state index contributed by atoms with van der Waals surface area (Å²) in [5, 5.41) is 8.75. The zero-order valence-electron chi connectivity index (χ0n) is 10.7. The molecule has 0 saturated heterocycles. The molecule has 112 valence electrons. The Kier molecular flexibility index (Phi) is 6.64. The Balaban J connectivity index is 2.56. The molecule has 0 radical (unpaired) electrons. The molecule has 1 rings (SSSR count). The number of hydrogen-bond acceptors (Lipinski definition) is 3. The molecule has 0 amide bonds. The van der Waals surface area contributed by atoms with E-state index in [2.05, 4.69) is 15.9 Å². The van der Waals surface area contributed by atoms with Gasteiger partial charge in [-0.15, -0.1) is 0 Å². The molecular weight excluding hydrogens is 339 g/mol. The summed E-state index contributed by atoms with van der Waals surface area (Å²) in [7, 11) is 0. The molecule has 0 unspecified atom stereocenters. The van der Waals surface area contributed by atoms with Crippen LogP contribution in [0.5, 0.6) is 0 Å². The molecule has 0 saturated carbocycles. The van der Waals surface area contributed by atoms with Crippen molar-refractivity contribution in [2.75, 3.05) is 26.2 Å². The van der Waals surface area contributed by atoms with Crippen LogP contribution in [0.2, 0.25) is 0 Å². The number of alkyl halides is 3. The lowest BCUT2D eigenvalue weighted by Gasteiger charge is -2.22. The number of ketones is 1. The number of benzene rings is 1. The van der Waals surface area contributed by atoms with Gasteiger partial charge in [-0.05, 0) is 12.1 Å². The molecule has 0 spiro atoms. The van der Waals surface area contributed by atoms with Crippen molar-refractivity contribution < 1.29 is 23.1 Å². The van der Waals surface area contributed by atoms with E-state index in [9.17, 15) is 18.0 Å². The van der Waals surface area contributed by atoms with Crippen molar-refractivity contribution in [3.63, 3.8) is 0 Å². The number of aliphatic hydroxyl groups excluding tert-OH is 1. The molecule has 0 heterocycles. The minimum absolute atomic E-state index is 0.0213. The van der Waals surface area contributed by atoms with Crippen LogP contribution < -0.4 is 0 Å². The van der Waals surface area contributed by atoms with E-state index >= 15 is 0 Å². The number of rotatable bonds is 7. The summed E-state index contributed by atoms with van der Waals surface area (Å²) < 4.78 is 37.7. The van der Waals surface area contributed by atoms with Crippen LogP contribution in [0.3, 0.4) is 0 Å². The summed E-state index contributed by atoms with van der Waals surface area (Å²) in [5.74, 6) is -0.226. The molecule has 1 aromatic rings. The maximum absolute atomic E-state index is 12.3. The quantitative estimate of drug-likeness (QED) is 0.766. The van der Waals surface area contributed by atoms with Crippen LogP contribution in [0.1, 0.15) is 16.8 Å². The summed E-state index contributed by atoms with van der Waals surface area (Å²) in [4.78, 5) is 12.9. The molecular formula is C13H15BrF3NO2. The van der Waals surface area contributed by atoms with Gasteiger partial charge in [0.1, 0.15) is 0 Å². The van der Waals surface area contributed by atoms with Gasteiger partial charge in [0.2, 0.25) is 0 Å². The zero-order chi connectivity index (χ0) is 15.2. The summed E-state index contributed by atoms with van der Waals surface area (Å²) in [6.45, 7) is -1.64. The van der Waals surface area contributed by atoms with Crippen molar-refractivity contribution in [2.45, 2.75) is 12.6 Å². The molecule has 0 aliphatic rings. The Labute approximate surface area is 123 Å². The lowest BCUT2D eigenvalue weighted by atomic mass is 10.1. The van der Waals surface area contributed by atoms with Gasteiger partial charge in [-0.1, -0.05) is 28.1 Å². The predicted octanol–water partition coefficient (Wildman–Crippen LogP) is 2.88. The number of nitrogens with zero attached hydrogens (tertiary/aromatic N) is 1. The van der Waals surface area contributed by atoms with Gasteiger partial charge in [0.25, 0.3) is 0 Å². The van der Waals surface area contributed by atoms with E-state index in [0.717, 1.165) is 9.37 Å². The van der Waals surface area contributed by atoms with Crippen molar-refractivity contribution in [1.29, 1.82) is 0 Å². The number of Topliss-reactive ketones (excluding diaryl/α,β-unsaturated/α-hetero) is 1. The second-order valence-corrected chi connectivity index (χ2v) is 5.21. The maximum Gasteiger partial charge on any atom is 0.401 e. The highest BCUT2D eigenvalue weighted by Gasteiger charge is 2.30. The molecule has 0 aliphatic heterocycles. The highest BCUT2D eigenvalue weighted by atomic mass is 79.9. The fourth-order valence-corrected chi connectivity index (χ4v) is 2.13. The average molecular weight is 354 g/mol.